The fourth-order valence-corrected chi connectivity index (χ4v) is 1.92. The van der Waals surface area contributed by atoms with Gasteiger partial charge < -0.3 is 14.7 Å². The fourth-order valence-electron chi connectivity index (χ4n) is 1.92. The number of aliphatic hydroxyl groups is 1. The standard InChI is InChI=1S/C11H16FN3O2/c1-15(10-13-6-9(12)7-14-10)8-11(16)2-4-17-5-3-11/h6-7,16H,2-5,8H2,1H3. The fraction of sp³-hybridized carbons (Fsp3) is 0.636. The van der Waals surface area contributed by atoms with Crippen LogP contribution in [-0.2, 0) is 4.74 Å². The first kappa shape index (κ1) is 12.2. The molecule has 1 aromatic rings. The Labute approximate surface area is 99.3 Å². The van der Waals surface area contributed by atoms with Gasteiger partial charge in [0.05, 0.1) is 18.0 Å². The molecule has 1 aliphatic heterocycles. The highest BCUT2D eigenvalue weighted by Gasteiger charge is 2.31. The number of likely N-dealkylation sites (N-methyl/N-ethyl adjacent to an activating group) is 1. The zero-order chi connectivity index (χ0) is 12.3. The van der Waals surface area contributed by atoms with Crippen LogP contribution in [0.1, 0.15) is 12.8 Å². The molecule has 1 aromatic heterocycles. The maximum absolute atomic E-state index is 12.7. The zero-order valence-corrected chi connectivity index (χ0v) is 9.77. The molecular formula is C11H16FN3O2. The molecule has 17 heavy (non-hydrogen) atoms. The second-order valence-electron chi connectivity index (χ2n) is 4.39. The molecule has 1 saturated heterocycles. The van der Waals surface area contributed by atoms with Gasteiger partial charge in [0.25, 0.3) is 0 Å². The van der Waals surface area contributed by atoms with Gasteiger partial charge in [0.1, 0.15) is 0 Å². The zero-order valence-electron chi connectivity index (χ0n) is 9.77. The first-order valence-corrected chi connectivity index (χ1v) is 5.58. The highest BCUT2D eigenvalue weighted by molar-refractivity contribution is 5.27. The van der Waals surface area contributed by atoms with Crippen molar-refractivity contribution in [3.8, 4) is 0 Å². The maximum atomic E-state index is 12.7. The van der Waals surface area contributed by atoms with Gasteiger partial charge >= 0.3 is 0 Å². The van der Waals surface area contributed by atoms with E-state index in [1.54, 1.807) is 11.9 Å². The van der Waals surface area contributed by atoms with Crippen LogP contribution in [0.15, 0.2) is 12.4 Å². The summed E-state index contributed by atoms with van der Waals surface area (Å²) in [6.45, 7) is 1.55. The van der Waals surface area contributed by atoms with Crippen LogP contribution in [0.25, 0.3) is 0 Å². The van der Waals surface area contributed by atoms with E-state index in [1.165, 1.54) is 0 Å². The van der Waals surface area contributed by atoms with E-state index in [9.17, 15) is 9.50 Å². The Morgan fingerprint density at radius 3 is 2.59 bits per heavy atom. The van der Waals surface area contributed by atoms with Crippen molar-refractivity contribution in [3.05, 3.63) is 18.2 Å². The summed E-state index contributed by atoms with van der Waals surface area (Å²) >= 11 is 0. The lowest BCUT2D eigenvalue weighted by Crippen LogP contribution is -2.46. The van der Waals surface area contributed by atoms with E-state index < -0.39 is 11.4 Å². The van der Waals surface area contributed by atoms with Gasteiger partial charge in [-0.15, -0.1) is 0 Å². The topological polar surface area (TPSA) is 58.5 Å². The summed E-state index contributed by atoms with van der Waals surface area (Å²) in [5, 5.41) is 10.3. The van der Waals surface area contributed by atoms with Crippen molar-refractivity contribution in [1.29, 1.82) is 0 Å². The first-order chi connectivity index (χ1) is 8.09. The molecule has 0 spiro atoms. The van der Waals surface area contributed by atoms with E-state index in [4.69, 9.17) is 4.74 Å². The summed E-state index contributed by atoms with van der Waals surface area (Å²) < 4.78 is 17.9. The maximum Gasteiger partial charge on any atom is 0.225 e. The third-order valence-corrected chi connectivity index (χ3v) is 2.90. The van der Waals surface area contributed by atoms with E-state index >= 15 is 0 Å². The third-order valence-electron chi connectivity index (χ3n) is 2.90. The second-order valence-corrected chi connectivity index (χ2v) is 4.39. The van der Waals surface area contributed by atoms with E-state index in [0.717, 1.165) is 12.4 Å². The largest absolute Gasteiger partial charge is 0.388 e. The monoisotopic (exact) mass is 241 g/mol. The van der Waals surface area contributed by atoms with Gasteiger partial charge in [0, 0.05) is 39.6 Å². The first-order valence-electron chi connectivity index (χ1n) is 5.58. The van der Waals surface area contributed by atoms with Crippen molar-refractivity contribution in [2.75, 3.05) is 31.7 Å². The molecule has 1 aliphatic rings. The van der Waals surface area contributed by atoms with Crippen LogP contribution in [0.4, 0.5) is 10.3 Å². The number of nitrogens with zero attached hydrogens (tertiary/aromatic N) is 3. The Morgan fingerprint density at radius 1 is 1.41 bits per heavy atom. The van der Waals surface area contributed by atoms with Gasteiger partial charge in [-0.1, -0.05) is 0 Å². The number of hydrogen-bond acceptors (Lipinski definition) is 5. The van der Waals surface area contributed by atoms with E-state index in [1.807, 2.05) is 0 Å². The molecule has 94 valence electrons. The van der Waals surface area contributed by atoms with Crippen LogP contribution in [0, 0.1) is 5.82 Å². The van der Waals surface area contributed by atoms with Crippen LogP contribution in [0.3, 0.4) is 0 Å². The van der Waals surface area contributed by atoms with Crippen molar-refractivity contribution >= 4 is 5.95 Å². The molecule has 0 aromatic carbocycles. The summed E-state index contributed by atoms with van der Waals surface area (Å²) in [4.78, 5) is 9.47. The van der Waals surface area contributed by atoms with Crippen molar-refractivity contribution in [2.24, 2.45) is 0 Å². The van der Waals surface area contributed by atoms with Crippen LogP contribution in [0.5, 0.6) is 0 Å². The number of ether oxygens (including phenoxy) is 1. The molecule has 0 radical (unpaired) electrons. The Hall–Kier alpha value is -1.27. The van der Waals surface area contributed by atoms with Crippen LogP contribution in [0.2, 0.25) is 0 Å². The average molecular weight is 241 g/mol. The van der Waals surface area contributed by atoms with Crippen LogP contribution >= 0.6 is 0 Å². The molecule has 6 heteroatoms. The predicted molar refractivity (Wildman–Crippen MR) is 60.3 cm³/mol. The molecule has 0 unspecified atom stereocenters. The van der Waals surface area contributed by atoms with Gasteiger partial charge in [-0.25, -0.2) is 14.4 Å². The minimum absolute atomic E-state index is 0.409. The minimum Gasteiger partial charge on any atom is -0.388 e. The number of aromatic nitrogens is 2. The molecular weight excluding hydrogens is 225 g/mol. The molecule has 2 heterocycles. The molecule has 0 amide bonds. The van der Waals surface area contributed by atoms with Gasteiger partial charge in [-0.05, 0) is 0 Å². The Bertz CT molecular complexity index is 365. The molecule has 0 atom stereocenters. The second kappa shape index (κ2) is 4.93. The van der Waals surface area contributed by atoms with Crippen molar-refractivity contribution in [3.63, 3.8) is 0 Å². The quantitative estimate of drug-likeness (QED) is 0.839. The molecule has 5 nitrogen and oxygen atoms in total. The number of hydrogen-bond donors (Lipinski definition) is 1. The smallest absolute Gasteiger partial charge is 0.225 e. The van der Waals surface area contributed by atoms with Crippen LogP contribution in [-0.4, -0.2) is 47.5 Å². The number of rotatable bonds is 3. The van der Waals surface area contributed by atoms with Crippen molar-refractivity contribution < 1.29 is 14.2 Å². The SMILES string of the molecule is CN(CC1(O)CCOCC1)c1ncc(F)cn1. The van der Waals surface area contributed by atoms with Gasteiger partial charge in [-0.3, -0.25) is 0 Å². The van der Waals surface area contributed by atoms with Gasteiger partial charge in [0.15, 0.2) is 5.82 Å². The van der Waals surface area contributed by atoms with E-state index in [0.29, 0.717) is 38.5 Å². The molecule has 2 rings (SSSR count). The average Bonchev–Trinajstić information content (AvgIpc) is 2.30. The summed E-state index contributed by atoms with van der Waals surface area (Å²) in [5.41, 5.74) is -0.773. The molecule has 1 N–H and O–H groups in total. The van der Waals surface area contributed by atoms with Crippen molar-refractivity contribution in [2.45, 2.75) is 18.4 Å². The lowest BCUT2D eigenvalue weighted by Gasteiger charge is -2.35. The summed E-state index contributed by atoms with van der Waals surface area (Å²) in [6, 6.07) is 0. The summed E-state index contributed by atoms with van der Waals surface area (Å²) in [6.07, 6.45) is 3.43. The number of anilines is 1. The number of halogens is 1. The minimum atomic E-state index is -0.773. The highest BCUT2D eigenvalue weighted by atomic mass is 19.1. The summed E-state index contributed by atoms with van der Waals surface area (Å²) in [5.74, 6) is -0.0572. The Balaban J connectivity index is 2.00. The lowest BCUT2D eigenvalue weighted by atomic mass is 9.94. The highest BCUT2D eigenvalue weighted by Crippen LogP contribution is 2.22. The predicted octanol–water partition coefficient (Wildman–Crippen LogP) is 0.593. The van der Waals surface area contributed by atoms with E-state index in [2.05, 4.69) is 9.97 Å². The van der Waals surface area contributed by atoms with E-state index in [-0.39, 0.29) is 0 Å². The Morgan fingerprint density at radius 2 is 2.00 bits per heavy atom. The third kappa shape index (κ3) is 3.10. The van der Waals surface area contributed by atoms with Crippen LogP contribution < -0.4 is 4.90 Å². The molecule has 0 bridgehead atoms. The molecule has 0 aliphatic carbocycles. The summed E-state index contributed by atoms with van der Waals surface area (Å²) in [7, 11) is 1.78. The Kier molecular flexibility index (Phi) is 3.54. The van der Waals surface area contributed by atoms with Crippen molar-refractivity contribution in [1.82, 2.24) is 9.97 Å². The normalized spacial score (nSPS) is 19.0. The van der Waals surface area contributed by atoms with Gasteiger partial charge in [0.2, 0.25) is 5.95 Å². The molecule has 0 saturated carbocycles. The lowest BCUT2D eigenvalue weighted by molar-refractivity contribution is -0.0574. The van der Waals surface area contributed by atoms with Gasteiger partial charge in [-0.2, -0.15) is 0 Å². The molecule has 1 fully saturated rings.